The first-order chi connectivity index (χ1) is 17.0. The molecule has 3 saturated carbocycles. The Labute approximate surface area is 220 Å². The predicted octanol–water partition coefficient (Wildman–Crippen LogP) is 6.07. The van der Waals surface area contributed by atoms with Gasteiger partial charge in [-0.2, -0.15) is 0 Å². The molecule has 0 aromatic carbocycles. The summed E-state index contributed by atoms with van der Waals surface area (Å²) in [6, 6.07) is 0. The van der Waals surface area contributed by atoms with Gasteiger partial charge in [0.15, 0.2) is 0 Å². The van der Waals surface area contributed by atoms with Crippen LogP contribution in [0.2, 0.25) is 0 Å². The van der Waals surface area contributed by atoms with Gasteiger partial charge in [-0.15, -0.1) is 0 Å². The number of aliphatic hydroxyl groups excluding tert-OH is 3. The summed E-state index contributed by atoms with van der Waals surface area (Å²) in [7, 11) is 1.43. The van der Waals surface area contributed by atoms with Gasteiger partial charge in [-0.1, -0.05) is 63.0 Å². The number of hydrogen-bond donors (Lipinski definition) is 4. The Balaban J connectivity index is 0.00000106. The van der Waals surface area contributed by atoms with Crippen molar-refractivity contribution in [1.82, 2.24) is 0 Å². The number of hydrogen-bond acceptors (Lipinski definition) is 5. The van der Waals surface area contributed by atoms with E-state index in [1.54, 1.807) is 5.57 Å². The lowest BCUT2D eigenvalue weighted by atomic mass is 9.60. The van der Waals surface area contributed by atoms with Crippen LogP contribution in [0.3, 0.4) is 0 Å². The first kappa shape index (κ1) is 31.2. The van der Waals surface area contributed by atoms with Gasteiger partial charge >= 0.3 is 0 Å². The van der Waals surface area contributed by atoms with E-state index in [9.17, 15) is 15.3 Å². The lowest BCUT2D eigenvalue weighted by Gasteiger charge is -2.44. The third-order valence-electron chi connectivity index (χ3n) is 8.96. The predicted molar refractivity (Wildman–Crippen MR) is 147 cm³/mol. The van der Waals surface area contributed by atoms with Gasteiger partial charge in [-0.3, -0.25) is 0 Å². The lowest BCUT2D eigenvalue weighted by molar-refractivity contribution is 0.0325. The highest BCUT2D eigenvalue weighted by molar-refractivity contribution is 5.30. The Morgan fingerprint density at radius 1 is 1.14 bits per heavy atom. The van der Waals surface area contributed by atoms with Gasteiger partial charge in [0.25, 0.3) is 0 Å². The minimum atomic E-state index is -0.552. The van der Waals surface area contributed by atoms with Crippen LogP contribution in [0.25, 0.3) is 0 Å². The quantitative estimate of drug-likeness (QED) is 0.237. The number of allylic oxidation sites excluding steroid dienone is 4. The Bertz CT molecular complexity index is 743. The fraction of sp³-hybridized carbons (Fsp3) is 0.806. The van der Waals surface area contributed by atoms with Gasteiger partial charge in [0.1, 0.15) is 6.79 Å². The lowest BCUT2D eigenvalue weighted by Crippen LogP contribution is -2.36. The van der Waals surface area contributed by atoms with E-state index in [2.05, 4.69) is 30.7 Å². The highest BCUT2D eigenvalue weighted by atomic mass is 16.6. The summed E-state index contributed by atoms with van der Waals surface area (Å²) in [5.74, 6) is 2.15. The van der Waals surface area contributed by atoms with Gasteiger partial charge < -0.3 is 25.2 Å². The number of rotatable bonds is 8. The summed E-state index contributed by atoms with van der Waals surface area (Å²) in [4.78, 5) is 0. The highest BCUT2D eigenvalue weighted by Crippen LogP contribution is 2.60. The molecule has 208 valence electrons. The molecule has 36 heavy (non-hydrogen) atoms. The van der Waals surface area contributed by atoms with E-state index in [1.807, 2.05) is 26.8 Å². The average Bonchev–Trinajstić information content (AvgIpc) is 3.17. The SMILES string of the molecule is CCC=C1[C@H](O)CC(=C/C=C2\CCC[C@@]3(C)C2CCC3[C@H](C)CCCC(C)(C)O)C[C@H]1O.COCO. The molecule has 0 amide bonds. The van der Waals surface area contributed by atoms with Crippen LogP contribution in [0.15, 0.2) is 34.9 Å². The fourth-order valence-corrected chi connectivity index (χ4v) is 7.18. The summed E-state index contributed by atoms with van der Waals surface area (Å²) < 4.78 is 4.10. The maximum Gasteiger partial charge on any atom is 0.143 e. The molecule has 0 radical (unpaired) electrons. The van der Waals surface area contributed by atoms with Gasteiger partial charge in [-0.25, -0.2) is 0 Å². The van der Waals surface area contributed by atoms with Crippen molar-refractivity contribution in [2.45, 2.75) is 123 Å². The molecular weight excluding hydrogens is 452 g/mol. The fourth-order valence-electron chi connectivity index (χ4n) is 7.18. The van der Waals surface area contributed by atoms with Crippen LogP contribution in [0.4, 0.5) is 0 Å². The molecule has 3 rings (SSSR count). The molecule has 3 fully saturated rings. The minimum absolute atomic E-state index is 0.181. The molecular formula is C31H54O5. The van der Waals surface area contributed by atoms with E-state index in [4.69, 9.17) is 5.11 Å². The first-order valence-electron chi connectivity index (χ1n) is 14.2. The Morgan fingerprint density at radius 2 is 1.78 bits per heavy atom. The van der Waals surface area contributed by atoms with Crippen LogP contribution < -0.4 is 0 Å². The number of fused-ring (bicyclic) bond motifs is 1. The van der Waals surface area contributed by atoms with E-state index < -0.39 is 17.8 Å². The largest absolute Gasteiger partial charge is 0.390 e. The first-order valence-corrected chi connectivity index (χ1v) is 14.2. The molecule has 0 aromatic heterocycles. The second kappa shape index (κ2) is 14.2. The van der Waals surface area contributed by atoms with Crippen molar-refractivity contribution in [3.05, 3.63) is 34.9 Å². The summed E-state index contributed by atoms with van der Waals surface area (Å²) in [6.07, 6.45) is 17.2. The van der Waals surface area contributed by atoms with Crippen LogP contribution in [0.1, 0.15) is 105 Å². The molecule has 2 unspecified atom stereocenters. The number of aliphatic hydroxyl groups is 4. The Kier molecular flexibility index (Phi) is 12.4. The van der Waals surface area contributed by atoms with Crippen molar-refractivity contribution >= 4 is 0 Å². The number of methoxy groups -OCH3 is 1. The topological polar surface area (TPSA) is 90.2 Å². The van der Waals surface area contributed by atoms with Crippen molar-refractivity contribution in [2.24, 2.45) is 23.2 Å². The molecule has 0 aliphatic heterocycles. The Morgan fingerprint density at radius 3 is 2.33 bits per heavy atom. The molecule has 5 nitrogen and oxygen atoms in total. The molecule has 0 saturated heterocycles. The van der Waals surface area contributed by atoms with Crippen molar-refractivity contribution in [3.63, 3.8) is 0 Å². The Hall–Kier alpha value is -0.980. The normalized spacial score (nSPS) is 32.6. The second-order valence-corrected chi connectivity index (χ2v) is 12.3. The van der Waals surface area contributed by atoms with Crippen molar-refractivity contribution < 1.29 is 25.2 Å². The standard InChI is InChI=1S/C29H48O3.C2H6O2/c1-6-9-23-26(30)18-21(19-27(23)31)12-13-22-11-8-17-29(5)24(14-15-25(22)29)20(2)10-7-16-28(3,4)32;1-4-2-3/h9,12-13,20,24-27,30-32H,6-8,10-11,14-19H2,1-5H3;3H,2H2,1H3/b21-12?,22-13+,23-9?;/t20-,24?,25?,26-,27-,29-;/m1./s1. The second-order valence-electron chi connectivity index (χ2n) is 12.3. The van der Waals surface area contributed by atoms with Gasteiger partial charge in [0.2, 0.25) is 0 Å². The zero-order valence-electron chi connectivity index (χ0n) is 23.8. The molecule has 3 aliphatic rings. The summed E-state index contributed by atoms with van der Waals surface area (Å²) in [5.41, 5.74) is 3.41. The van der Waals surface area contributed by atoms with E-state index >= 15 is 0 Å². The third-order valence-corrected chi connectivity index (χ3v) is 8.96. The molecule has 0 heterocycles. The van der Waals surface area contributed by atoms with Crippen molar-refractivity contribution in [3.8, 4) is 0 Å². The van der Waals surface area contributed by atoms with Crippen molar-refractivity contribution in [2.75, 3.05) is 13.9 Å². The van der Waals surface area contributed by atoms with Gasteiger partial charge in [0, 0.05) is 7.11 Å². The van der Waals surface area contributed by atoms with E-state index in [1.165, 1.54) is 51.2 Å². The molecule has 3 aliphatic carbocycles. The zero-order valence-corrected chi connectivity index (χ0v) is 23.8. The maximum absolute atomic E-state index is 10.5. The molecule has 0 aromatic rings. The van der Waals surface area contributed by atoms with E-state index in [-0.39, 0.29) is 6.79 Å². The summed E-state index contributed by atoms with van der Waals surface area (Å²) >= 11 is 0. The molecule has 4 N–H and O–H groups in total. The zero-order chi connectivity index (χ0) is 26.9. The molecule has 0 bridgehead atoms. The molecule has 5 heteroatoms. The van der Waals surface area contributed by atoms with Gasteiger partial charge in [0.05, 0.1) is 17.8 Å². The van der Waals surface area contributed by atoms with Crippen LogP contribution >= 0.6 is 0 Å². The summed E-state index contributed by atoms with van der Waals surface area (Å²) in [6.45, 7) is 10.7. The van der Waals surface area contributed by atoms with Crippen LogP contribution in [0, 0.1) is 23.2 Å². The smallest absolute Gasteiger partial charge is 0.143 e. The molecule has 6 atom stereocenters. The monoisotopic (exact) mass is 506 g/mol. The van der Waals surface area contributed by atoms with Crippen LogP contribution in [-0.2, 0) is 4.74 Å². The van der Waals surface area contributed by atoms with E-state index in [0.717, 1.165) is 30.8 Å². The summed E-state index contributed by atoms with van der Waals surface area (Å²) in [5, 5.41) is 38.7. The number of ether oxygens (including phenoxy) is 1. The van der Waals surface area contributed by atoms with Crippen LogP contribution in [0.5, 0.6) is 0 Å². The third kappa shape index (κ3) is 8.52. The highest BCUT2D eigenvalue weighted by Gasteiger charge is 2.50. The molecule has 0 spiro atoms. The van der Waals surface area contributed by atoms with E-state index in [0.29, 0.717) is 30.1 Å². The minimum Gasteiger partial charge on any atom is -0.390 e. The van der Waals surface area contributed by atoms with Gasteiger partial charge in [-0.05, 0) is 100 Å². The van der Waals surface area contributed by atoms with Crippen molar-refractivity contribution in [1.29, 1.82) is 0 Å². The average molecular weight is 507 g/mol. The maximum atomic E-state index is 10.5. The van der Waals surface area contributed by atoms with Crippen LogP contribution in [-0.4, -0.2) is 52.1 Å².